The number of carbonyl (C=O) groups excluding carboxylic acids is 2. The molecular weight excluding hydrogens is 349 g/mol. The number of nitrogens with zero attached hydrogens (tertiary/aromatic N) is 1. The molecule has 0 atom stereocenters. The van der Waals surface area contributed by atoms with Crippen molar-refractivity contribution >= 4 is 29.1 Å². The summed E-state index contributed by atoms with van der Waals surface area (Å²) in [5, 5.41) is 2.72. The van der Waals surface area contributed by atoms with E-state index in [9.17, 15) is 14.0 Å². The normalized spacial score (nSPS) is 10.5. The maximum absolute atomic E-state index is 13.9. The average molecular weight is 360 g/mol. The second-order valence-corrected chi connectivity index (χ2v) is 5.43. The highest BCUT2D eigenvalue weighted by Gasteiger charge is 2.21. The zero-order chi connectivity index (χ0) is 18.0. The fourth-order valence-electron chi connectivity index (χ4n) is 2.20. The fraction of sp³-hybridized carbons (Fsp3) is 0. The zero-order valence-corrected chi connectivity index (χ0v) is 13.4. The number of benzene rings is 2. The van der Waals surface area contributed by atoms with Crippen LogP contribution in [0, 0.1) is 5.82 Å². The van der Waals surface area contributed by atoms with Gasteiger partial charge in [-0.1, -0.05) is 23.7 Å². The van der Waals surface area contributed by atoms with Crippen LogP contribution in [-0.2, 0) is 0 Å². The summed E-state index contributed by atoms with van der Waals surface area (Å²) >= 11 is 6.10. The molecule has 0 saturated carbocycles. The molecule has 8 heteroatoms. The van der Waals surface area contributed by atoms with E-state index >= 15 is 0 Å². The first-order valence-corrected chi connectivity index (χ1v) is 7.44. The van der Waals surface area contributed by atoms with Crippen molar-refractivity contribution in [2.45, 2.75) is 0 Å². The van der Waals surface area contributed by atoms with Gasteiger partial charge in [-0.2, -0.15) is 0 Å². The molecule has 6 nitrogen and oxygen atoms in total. The highest BCUT2D eigenvalue weighted by molar-refractivity contribution is 6.33. The highest BCUT2D eigenvalue weighted by Crippen LogP contribution is 2.30. The van der Waals surface area contributed by atoms with Crippen LogP contribution in [0.3, 0.4) is 0 Å². The molecule has 0 fully saturated rings. The van der Waals surface area contributed by atoms with E-state index in [0.29, 0.717) is 10.6 Å². The van der Waals surface area contributed by atoms with E-state index in [1.54, 1.807) is 24.3 Å². The topological polar surface area (TPSA) is 98.2 Å². The maximum atomic E-state index is 13.9. The first kappa shape index (κ1) is 16.7. The Balaban J connectivity index is 1.94. The number of halogens is 2. The van der Waals surface area contributed by atoms with Crippen molar-refractivity contribution < 1.29 is 18.4 Å². The summed E-state index contributed by atoms with van der Waals surface area (Å²) in [5.41, 5.74) is 5.42. The molecule has 1 aromatic heterocycles. The molecule has 0 unspecified atom stereocenters. The minimum absolute atomic E-state index is 0.0585. The number of carbonyl (C=O) groups is 2. The number of rotatable bonds is 4. The van der Waals surface area contributed by atoms with Crippen molar-refractivity contribution in [3.05, 3.63) is 71.0 Å². The highest BCUT2D eigenvalue weighted by atomic mass is 35.5. The number of oxazole rings is 1. The lowest BCUT2D eigenvalue weighted by Crippen LogP contribution is -2.16. The molecule has 0 aliphatic carbocycles. The molecule has 0 aliphatic heterocycles. The molecular formula is C17H11ClFN3O3. The Bertz CT molecular complexity index is 971. The van der Waals surface area contributed by atoms with E-state index in [-0.39, 0.29) is 22.7 Å². The fourth-order valence-corrected chi connectivity index (χ4v) is 2.42. The van der Waals surface area contributed by atoms with Gasteiger partial charge in [0.2, 0.25) is 5.91 Å². The first-order valence-electron chi connectivity index (χ1n) is 7.06. The Morgan fingerprint density at radius 1 is 1.20 bits per heavy atom. The summed E-state index contributed by atoms with van der Waals surface area (Å²) in [6.45, 7) is 0. The summed E-state index contributed by atoms with van der Waals surface area (Å²) in [7, 11) is 0. The Labute approximate surface area is 146 Å². The molecule has 3 N–H and O–H groups in total. The SMILES string of the molecule is NC(=O)c1ccc(F)c(NC(=O)c2ncoc2-c2ccccc2Cl)c1. The van der Waals surface area contributed by atoms with Crippen LogP contribution in [-0.4, -0.2) is 16.8 Å². The van der Waals surface area contributed by atoms with Gasteiger partial charge in [-0.3, -0.25) is 9.59 Å². The number of aromatic nitrogens is 1. The van der Waals surface area contributed by atoms with Crippen molar-refractivity contribution in [2.24, 2.45) is 5.73 Å². The van der Waals surface area contributed by atoms with Gasteiger partial charge in [0.15, 0.2) is 17.8 Å². The molecule has 126 valence electrons. The van der Waals surface area contributed by atoms with Crippen LogP contribution in [0.25, 0.3) is 11.3 Å². The molecule has 0 bridgehead atoms. The Kier molecular flexibility index (Phi) is 4.49. The van der Waals surface area contributed by atoms with Gasteiger partial charge in [0.25, 0.3) is 5.91 Å². The van der Waals surface area contributed by atoms with Crippen molar-refractivity contribution in [3.63, 3.8) is 0 Å². The van der Waals surface area contributed by atoms with E-state index < -0.39 is 17.6 Å². The van der Waals surface area contributed by atoms with Crippen molar-refractivity contribution in [2.75, 3.05) is 5.32 Å². The van der Waals surface area contributed by atoms with Gasteiger partial charge in [0.05, 0.1) is 10.7 Å². The van der Waals surface area contributed by atoms with Gasteiger partial charge in [0.1, 0.15) is 5.82 Å². The molecule has 2 aromatic carbocycles. The van der Waals surface area contributed by atoms with Crippen LogP contribution in [0.5, 0.6) is 0 Å². The number of anilines is 1. The molecule has 3 aromatic rings. The first-order chi connectivity index (χ1) is 12.0. The van der Waals surface area contributed by atoms with Gasteiger partial charge < -0.3 is 15.5 Å². The number of hydrogen-bond donors (Lipinski definition) is 2. The lowest BCUT2D eigenvalue weighted by Gasteiger charge is -2.07. The van der Waals surface area contributed by atoms with E-state index in [4.69, 9.17) is 21.8 Å². The molecule has 0 aliphatic rings. The summed E-state index contributed by atoms with van der Waals surface area (Å²) in [6, 6.07) is 10.1. The molecule has 1 heterocycles. The second-order valence-electron chi connectivity index (χ2n) is 5.02. The maximum Gasteiger partial charge on any atom is 0.278 e. The molecule has 3 rings (SSSR count). The van der Waals surface area contributed by atoms with E-state index in [2.05, 4.69) is 10.3 Å². The quantitative estimate of drug-likeness (QED) is 0.745. The predicted octanol–water partition coefficient (Wildman–Crippen LogP) is 3.49. The lowest BCUT2D eigenvalue weighted by atomic mass is 10.1. The van der Waals surface area contributed by atoms with Crippen LogP contribution in [0.15, 0.2) is 53.3 Å². The van der Waals surface area contributed by atoms with Gasteiger partial charge in [-0.15, -0.1) is 0 Å². The number of hydrogen-bond acceptors (Lipinski definition) is 4. The Morgan fingerprint density at radius 3 is 2.68 bits per heavy atom. The third kappa shape index (κ3) is 3.36. The van der Waals surface area contributed by atoms with Crippen LogP contribution in [0.4, 0.5) is 10.1 Å². The lowest BCUT2D eigenvalue weighted by molar-refractivity contribution is 0.0995. The van der Waals surface area contributed by atoms with Crippen LogP contribution < -0.4 is 11.1 Å². The number of nitrogens with one attached hydrogen (secondary N) is 1. The van der Waals surface area contributed by atoms with Gasteiger partial charge in [0, 0.05) is 11.1 Å². The summed E-state index contributed by atoms with van der Waals surface area (Å²) in [6.07, 6.45) is 1.09. The van der Waals surface area contributed by atoms with Crippen molar-refractivity contribution in [3.8, 4) is 11.3 Å². The van der Waals surface area contributed by atoms with Crippen molar-refractivity contribution in [1.29, 1.82) is 0 Å². The van der Waals surface area contributed by atoms with Gasteiger partial charge in [-0.25, -0.2) is 9.37 Å². The van der Waals surface area contributed by atoms with Crippen molar-refractivity contribution in [1.82, 2.24) is 4.98 Å². The smallest absolute Gasteiger partial charge is 0.278 e. The van der Waals surface area contributed by atoms with E-state index in [1.165, 1.54) is 6.07 Å². The zero-order valence-electron chi connectivity index (χ0n) is 12.6. The molecule has 0 saturated heterocycles. The molecule has 2 amide bonds. The van der Waals surface area contributed by atoms with Crippen LogP contribution in [0.2, 0.25) is 5.02 Å². The molecule has 0 radical (unpaired) electrons. The minimum atomic E-state index is -0.742. The number of primary amides is 1. The molecule has 0 spiro atoms. The van der Waals surface area contributed by atoms with Gasteiger partial charge in [-0.05, 0) is 30.3 Å². The average Bonchev–Trinajstić information content (AvgIpc) is 3.06. The third-order valence-electron chi connectivity index (χ3n) is 3.40. The van der Waals surface area contributed by atoms with Gasteiger partial charge >= 0.3 is 0 Å². The summed E-state index contributed by atoms with van der Waals surface area (Å²) in [4.78, 5) is 27.5. The van der Waals surface area contributed by atoms with E-state index in [0.717, 1.165) is 18.5 Å². The monoisotopic (exact) mass is 359 g/mol. The molecule has 25 heavy (non-hydrogen) atoms. The number of nitrogens with two attached hydrogens (primary N) is 1. The van der Waals surface area contributed by atoms with Crippen LogP contribution in [0.1, 0.15) is 20.8 Å². The largest absolute Gasteiger partial charge is 0.443 e. The standard InChI is InChI=1S/C17H11ClFN3O3/c18-11-4-2-1-3-10(11)15-14(21-8-25-15)17(24)22-13-7-9(16(20)23)5-6-12(13)19/h1-8H,(H2,20,23)(H,22,24). The Morgan fingerprint density at radius 2 is 1.96 bits per heavy atom. The third-order valence-corrected chi connectivity index (χ3v) is 3.73. The summed E-state index contributed by atoms with van der Waals surface area (Å²) < 4.78 is 19.1. The second kappa shape index (κ2) is 6.74. The predicted molar refractivity (Wildman–Crippen MR) is 89.8 cm³/mol. The summed E-state index contributed by atoms with van der Waals surface area (Å²) in [5.74, 6) is -2.03. The van der Waals surface area contributed by atoms with Crippen LogP contribution >= 0.6 is 11.6 Å². The number of amides is 2. The minimum Gasteiger partial charge on any atom is -0.443 e. The Hall–Kier alpha value is -3.19. The van der Waals surface area contributed by atoms with E-state index in [1.807, 2.05) is 0 Å².